The molecule has 0 unspecified atom stereocenters. The lowest BCUT2D eigenvalue weighted by atomic mass is 9.99. The second-order valence-electron chi connectivity index (χ2n) is 8.25. The van der Waals surface area contributed by atoms with Gasteiger partial charge in [-0.15, -0.1) is 0 Å². The Bertz CT molecular complexity index is 1140. The maximum atomic E-state index is 14.1. The summed E-state index contributed by atoms with van der Waals surface area (Å²) in [5.41, 5.74) is 0.872. The molecule has 3 aromatic rings. The molecule has 0 spiro atoms. The van der Waals surface area contributed by atoms with E-state index in [0.29, 0.717) is 54.9 Å². The van der Waals surface area contributed by atoms with E-state index in [2.05, 4.69) is 19.8 Å². The molecule has 2 aliphatic heterocycles. The number of carbonyl (C=O) groups excluding carboxylic acids is 1. The first-order valence-corrected chi connectivity index (χ1v) is 11.3. The Kier molecular flexibility index (Phi) is 6.30. The van der Waals surface area contributed by atoms with Crippen molar-refractivity contribution in [1.29, 1.82) is 0 Å². The Morgan fingerprint density at radius 2 is 1.62 bits per heavy atom. The second kappa shape index (κ2) is 9.52. The summed E-state index contributed by atoms with van der Waals surface area (Å²) in [7, 11) is 0. The predicted octanol–water partition coefficient (Wildman–Crippen LogP) is 4.30. The molecule has 2 aromatic carbocycles. The third kappa shape index (κ3) is 4.67. The van der Waals surface area contributed by atoms with E-state index < -0.39 is 29.9 Å². The number of hydrogen-bond acceptors (Lipinski definition) is 6. The number of piperazine rings is 1. The number of benzene rings is 2. The zero-order chi connectivity index (χ0) is 23.7. The minimum atomic E-state index is -0.708. The molecule has 7 nitrogen and oxygen atoms in total. The predicted molar refractivity (Wildman–Crippen MR) is 124 cm³/mol. The maximum Gasteiger partial charge on any atom is 0.415 e. The molecule has 34 heavy (non-hydrogen) atoms. The first kappa shape index (κ1) is 22.5. The van der Waals surface area contributed by atoms with E-state index in [0.717, 1.165) is 6.07 Å². The summed E-state index contributed by atoms with van der Waals surface area (Å²) in [6, 6.07) is 11.1. The Balaban J connectivity index is 1.38. The standard InChI is InChI=1S/C24H22ClF2N5O2/c25-17-2-4-20(5-3-17)32-22(16-12-18(26)14-19(27)13-16)21(34-24(32)33)15-30-8-10-31(11-9-30)23-28-6-1-7-29-23/h1-7,12-14,21-22H,8-11,15H2/t21-,22-/m0/s1. The van der Waals surface area contributed by atoms with Crippen molar-refractivity contribution in [2.45, 2.75) is 12.1 Å². The average Bonchev–Trinajstić information content (AvgIpc) is 3.15. The van der Waals surface area contributed by atoms with Gasteiger partial charge in [0.05, 0.1) is 0 Å². The molecule has 10 heteroatoms. The van der Waals surface area contributed by atoms with Gasteiger partial charge in [0.1, 0.15) is 23.8 Å². The molecule has 2 saturated heterocycles. The average molecular weight is 486 g/mol. The van der Waals surface area contributed by atoms with Crippen molar-refractivity contribution in [3.8, 4) is 0 Å². The van der Waals surface area contributed by atoms with Gasteiger partial charge in [0.25, 0.3) is 0 Å². The Morgan fingerprint density at radius 1 is 0.971 bits per heavy atom. The zero-order valence-electron chi connectivity index (χ0n) is 18.2. The number of ether oxygens (including phenoxy) is 1. The van der Waals surface area contributed by atoms with Crippen molar-refractivity contribution in [3.63, 3.8) is 0 Å². The second-order valence-corrected chi connectivity index (χ2v) is 8.69. The van der Waals surface area contributed by atoms with Gasteiger partial charge in [0.15, 0.2) is 0 Å². The normalized spacial score (nSPS) is 21.1. The number of aromatic nitrogens is 2. The number of rotatable bonds is 5. The van der Waals surface area contributed by atoms with Gasteiger partial charge in [-0.05, 0) is 48.0 Å². The topological polar surface area (TPSA) is 61.8 Å². The molecule has 0 aliphatic carbocycles. The van der Waals surface area contributed by atoms with Crippen molar-refractivity contribution in [1.82, 2.24) is 14.9 Å². The van der Waals surface area contributed by atoms with Crippen molar-refractivity contribution in [2.75, 3.05) is 42.5 Å². The van der Waals surface area contributed by atoms with Crippen LogP contribution in [-0.4, -0.2) is 59.8 Å². The number of cyclic esters (lactones) is 1. The molecule has 2 fully saturated rings. The number of nitrogens with zero attached hydrogens (tertiary/aromatic N) is 5. The van der Waals surface area contributed by atoms with Crippen LogP contribution in [-0.2, 0) is 4.74 Å². The third-order valence-corrected chi connectivity index (χ3v) is 6.31. The van der Waals surface area contributed by atoms with Gasteiger partial charge >= 0.3 is 6.09 Å². The molecule has 176 valence electrons. The van der Waals surface area contributed by atoms with Crippen molar-refractivity contribution >= 4 is 29.3 Å². The number of amides is 1. The van der Waals surface area contributed by atoms with Crippen molar-refractivity contribution < 1.29 is 18.3 Å². The van der Waals surface area contributed by atoms with Crippen LogP contribution >= 0.6 is 11.6 Å². The maximum absolute atomic E-state index is 14.1. The van der Waals surface area contributed by atoms with Gasteiger partial charge in [-0.25, -0.2) is 23.5 Å². The van der Waals surface area contributed by atoms with Crippen LogP contribution in [0.15, 0.2) is 60.9 Å². The summed E-state index contributed by atoms with van der Waals surface area (Å²) in [6.07, 6.45) is 2.23. The van der Waals surface area contributed by atoms with Crippen LogP contribution in [0.3, 0.4) is 0 Å². The van der Waals surface area contributed by atoms with Crippen LogP contribution in [0, 0.1) is 11.6 Å². The summed E-state index contributed by atoms with van der Waals surface area (Å²) in [5, 5.41) is 0.515. The summed E-state index contributed by atoms with van der Waals surface area (Å²) >= 11 is 6.01. The van der Waals surface area contributed by atoms with Gasteiger partial charge in [0, 0.05) is 61.9 Å². The molecule has 5 rings (SSSR count). The Labute approximate surface area is 200 Å². The molecular formula is C24H22ClF2N5O2. The van der Waals surface area contributed by atoms with Crippen molar-refractivity contribution in [2.24, 2.45) is 0 Å². The van der Waals surface area contributed by atoms with Crippen LogP contribution in [0.5, 0.6) is 0 Å². The van der Waals surface area contributed by atoms with E-state index in [1.54, 1.807) is 42.7 Å². The van der Waals surface area contributed by atoms with E-state index >= 15 is 0 Å². The molecule has 0 radical (unpaired) electrons. The van der Waals surface area contributed by atoms with Gasteiger partial charge in [0.2, 0.25) is 5.95 Å². The smallest absolute Gasteiger partial charge is 0.415 e. The highest BCUT2D eigenvalue weighted by Gasteiger charge is 2.45. The lowest BCUT2D eigenvalue weighted by Crippen LogP contribution is -2.49. The van der Waals surface area contributed by atoms with Gasteiger partial charge in [-0.1, -0.05) is 11.6 Å². The van der Waals surface area contributed by atoms with Gasteiger partial charge in [-0.3, -0.25) is 9.80 Å². The number of carbonyl (C=O) groups is 1. The highest BCUT2D eigenvalue weighted by molar-refractivity contribution is 6.30. The molecule has 1 amide bonds. The van der Waals surface area contributed by atoms with Gasteiger partial charge < -0.3 is 9.64 Å². The van der Waals surface area contributed by atoms with Crippen LogP contribution < -0.4 is 9.80 Å². The summed E-state index contributed by atoms with van der Waals surface area (Å²) < 4.78 is 34.0. The first-order chi connectivity index (χ1) is 16.5. The zero-order valence-corrected chi connectivity index (χ0v) is 18.9. The Hall–Kier alpha value is -3.30. The monoisotopic (exact) mass is 485 g/mol. The molecule has 0 bridgehead atoms. The van der Waals surface area contributed by atoms with E-state index in [9.17, 15) is 13.6 Å². The lowest BCUT2D eigenvalue weighted by Gasteiger charge is -2.36. The number of halogens is 3. The largest absolute Gasteiger partial charge is 0.442 e. The SMILES string of the molecule is O=C1O[C@@H](CN2CCN(c3ncccn3)CC2)[C@H](c2cc(F)cc(F)c2)N1c1ccc(Cl)cc1. The number of anilines is 2. The summed E-state index contributed by atoms with van der Waals surface area (Å²) in [5.74, 6) is -0.738. The van der Waals surface area contributed by atoms with Crippen LogP contribution in [0.1, 0.15) is 11.6 Å². The van der Waals surface area contributed by atoms with Gasteiger partial charge in [-0.2, -0.15) is 0 Å². The summed E-state index contributed by atoms with van der Waals surface area (Å²) in [4.78, 5) is 27.2. The van der Waals surface area contributed by atoms with E-state index in [1.165, 1.54) is 17.0 Å². The molecule has 0 N–H and O–H groups in total. The highest BCUT2D eigenvalue weighted by Crippen LogP contribution is 2.38. The molecular weight excluding hydrogens is 464 g/mol. The van der Waals surface area contributed by atoms with Crippen LogP contribution in [0.4, 0.5) is 25.2 Å². The minimum Gasteiger partial charge on any atom is -0.442 e. The van der Waals surface area contributed by atoms with E-state index in [4.69, 9.17) is 16.3 Å². The van der Waals surface area contributed by atoms with E-state index in [-0.39, 0.29) is 0 Å². The van der Waals surface area contributed by atoms with E-state index in [1.807, 2.05) is 0 Å². The molecule has 0 saturated carbocycles. The fraction of sp³-hybridized carbons (Fsp3) is 0.292. The van der Waals surface area contributed by atoms with Crippen LogP contribution in [0.25, 0.3) is 0 Å². The quantitative estimate of drug-likeness (QED) is 0.537. The minimum absolute atomic E-state index is 0.333. The Morgan fingerprint density at radius 3 is 2.26 bits per heavy atom. The highest BCUT2D eigenvalue weighted by atomic mass is 35.5. The molecule has 2 atom stereocenters. The first-order valence-electron chi connectivity index (χ1n) is 10.9. The summed E-state index contributed by atoms with van der Waals surface area (Å²) in [6.45, 7) is 3.26. The van der Waals surface area contributed by atoms with Crippen molar-refractivity contribution in [3.05, 3.63) is 83.1 Å². The molecule has 1 aromatic heterocycles. The fourth-order valence-electron chi connectivity index (χ4n) is 4.48. The molecule has 2 aliphatic rings. The van der Waals surface area contributed by atoms with Crippen LogP contribution in [0.2, 0.25) is 5.02 Å². The third-order valence-electron chi connectivity index (χ3n) is 6.06. The lowest BCUT2D eigenvalue weighted by molar-refractivity contribution is 0.0938. The molecule has 3 heterocycles. The number of hydrogen-bond donors (Lipinski definition) is 0. The fourth-order valence-corrected chi connectivity index (χ4v) is 4.61.